The lowest BCUT2D eigenvalue weighted by atomic mass is 9.88. The first-order valence-electron chi connectivity index (χ1n) is 9.22. The zero-order chi connectivity index (χ0) is 18.0. The summed E-state index contributed by atoms with van der Waals surface area (Å²) in [6, 6.07) is 31.9. The summed E-state index contributed by atoms with van der Waals surface area (Å²) >= 11 is 0. The first kappa shape index (κ1) is 15.1. The van der Waals surface area contributed by atoms with Crippen LogP contribution in [0.25, 0.3) is 22.3 Å². The van der Waals surface area contributed by atoms with Crippen molar-refractivity contribution in [3.8, 4) is 22.3 Å². The summed E-state index contributed by atoms with van der Waals surface area (Å²) < 4.78 is 13.1. The highest BCUT2D eigenvalue weighted by molar-refractivity contribution is 7.63. The molecule has 0 amide bonds. The summed E-state index contributed by atoms with van der Waals surface area (Å²) in [5.74, 6) is 0.230. The first-order chi connectivity index (χ1) is 13.3. The third kappa shape index (κ3) is 2.01. The molecule has 1 aliphatic heterocycles. The molecule has 0 aromatic heterocycles. The summed E-state index contributed by atoms with van der Waals surface area (Å²) in [6.07, 6.45) is 0. The highest BCUT2D eigenvalue weighted by Gasteiger charge is 2.41. The van der Waals surface area contributed by atoms with Crippen LogP contribution >= 0.6 is 7.80 Å². The molecule has 0 bridgehead atoms. The predicted molar refractivity (Wildman–Crippen MR) is 112 cm³/mol. The van der Waals surface area contributed by atoms with E-state index in [0.717, 1.165) is 21.7 Å². The van der Waals surface area contributed by atoms with Crippen molar-refractivity contribution >= 4 is 18.4 Å². The molecule has 2 aliphatic rings. The van der Waals surface area contributed by atoms with Gasteiger partial charge in [0.1, 0.15) is 0 Å². The van der Waals surface area contributed by atoms with Gasteiger partial charge in [0.05, 0.1) is 0 Å². The molecule has 4 aromatic carbocycles. The monoisotopic (exact) mass is 363 g/mol. The number of rotatable bonds is 1. The first-order valence-corrected chi connectivity index (χ1v) is 10.5. The van der Waals surface area contributed by atoms with E-state index in [-0.39, 0.29) is 5.92 Å². The fraction of sp³-hybridized carbons (Fsp3) is 0.0400. The van der Waals surface area contributed by atoms with E-state index in [1.807, 2.05) is 18.2 Å². The Labute approximate surface area is 159 Å². The Hall–Kier alpha value is -3.02. The maximum absolute atomic E-state index is 13.1. The van der Waals surface area contributed by atoms with Crippen molar-refractivity contribution in [2.24, 2.45) is 0 Å². The van der Waals surface area contributed by atoms with Gasteiger partial charge >= 0.3 is 7.80 Å². The highest BCUT2D eigenvalue weighted by atomic mass is 31.1. The average molecular weight is 363 g/mol. The fourth-order valence-corrected chi connectivity index (χ4v) is 6.18. The van der Waals surface area contributed by atoms with Gasteiger partial charge in [-0.1, -0.05) is 71.3 Å². The Balaban J connectivity index is 1.67. The molecule has 0 radical (unpaired) electrons. The molecule has 2 unspecified atom stereocenters. The van der Waals surface area contributed by atoms with E-state index in [1.54, 1.807) is 0 Å². The van der Waals surface area contributed by atoms with Crippen LogP contribution in [-0.4, -0.2) is 0 Å². The van der Waals surface area contributed by atoms with Gasteiger partial charge in [-0.3, -0.25) is 0 Å². The minimum atomic E-state index is -1.51. The van der Waals surface area contributed by atoms with Crippen LogP contribution in [0.2, 0.25) is 0 Å². The minimum absolute atomic E-state index is 0.230. The van der Waals surface area contributed by atoms with Gasteiger partial charge in [-0.05, 0) is 46.0 Å². The number of hydrogen-bond acceptors (Lipinski definition) is 1. The summed E-state index contributed by atoms with van der Waals surface area (Å²) in [7, 11) is -1.51. The van der Waals surface area contributed by atoms with Crippen LogP contribution in [0, 0.1) is 0 Å². The van der Waals surface area contributed by atoms with E-state index in [9.17, 15) is 4.57 Å². The standard InChI is InChI=1S/C25H16OP/c26-27-23-13-7-6-11-18(23)21-14-22-20(15-24(21)27)17-10-4-5-12-19(17)25(22)16-8-2-1-3-9-16/h1-15,25H/q+1. The van der Waals surface area contributed by atoms with Crippen LogP contribution in [0.1, 0.15) is 22.6 Å². The molecule has 1 heterocycles. The van der Waals surface area contributed by atoms with Crippen LogP contribution in [0.3, 0.4) is 0 Å². The lowest BCUT2D eigenvalue weighted by Crippen LogP contribution is -2.02. The van der Waals surface area contributed by atoms with Gasteiger partial charge in [-0.2, -0.15) is 0 Å². The molecule has 27 heavy (non-hydrogen) atoms. The van der Waals surface area contributed by atoms with Gasteiger partial charge in [0.2, 0.25) is 10.6 Å². The predicted octanol–water partition coefficient (Wildman–Crippen LogP) is 5.61. The van der Waals surface area contributed by atoms with Crippen molar-refractivity contribution in [3.63, 3.8) is 0 Å². The minimum Gasteiger partial charge on any atom is -0.0622 e. The van der Waals surface area contributed by atoms with Gasteiger partial charge in [-0.15, -0.1) is 0 Å². The third-order valence-electron chi connectivity index (χ3n) is 5.81. The van der Waals surface area contributed by atoms with E-state index in [2.05, 4.69) is 72.8 Å². The summed E-state index contributed by atoms with van der Waals surface area (Å²) in [6.45, 7) is 0. The molecule has 1 nitrogen and oxygen atoms in total. The Morgan fingerprint density at radius 1 is 0.556 bits per heavy atom. The molecule has 2 heteroatoms. The lowest BCUT2D eigenvalue weighted by Gasteiger charge is -2.14. The van der Waals surface area contributed by atoms with Crippen molar-refractivity contribution in [1.82, 2.24) is 0 Å². The maximum Gasteiger partial charge on any atom is 0.416 e. The van der Waals surface area contributed by atoms with E-state index in [4.69, 9.17) is 0 Å². The molecule has 1 aliphatic carbocycles. The lowest BCUT2D eigenvalue weighted by molar-refractivity contribution is 0.598. The number of hydrogen-bond donors (Lipinski definition) is 0. The molecule has 2 atom stereocenters. The SMILES string of the molecule is O=[P+]1c2ccccc2-c2cc3c(cc21)-c1ccccc1C3c1ccccc1. The second kappa shape index (κ2) is 5.49. The molecule has 0 fully saturated rings. The smallest absolute Gasteiger partial charge is 0.0622 e. The van der Waals surface area contributed by atoms with Crippen LogP contribution in [0.5, 0.6) is 0 Å². The second-order valence-electron chi connectivity index (χ2n) is 7.20. The van der Waals surface area contributed by atoms with Gasteiger partial charge in [0, 0.05) is 23.1 Å². The average Bonchev–Trinajstić information content (AvgIpc) is 3.20. The largest absolute Gasteiger partial charge is 0.416 e. The summed E-state index contributed by atoms with van der Waals surface area (Å²) in [5.41, 5.74) is 8.72. The second-order valence-corrected chi connectivity index (χ2v) is 8.75. The molecule has 0 N–H and O–H groups in total. The summed E-state index contributed by atoms with van der Waals surface area (Å²) in [5, 5.41) is 1.95. The third-order valence-corrected chi connectivity index (χ3v) is 7.44. The normalized spacial score (nSPS) is 17.2. The Morgan fingerprint density at radius 3 is 2.11 bits per heavy atom. The molecule has 0 spiro atoms. The molecular weight excluding hydrogens is 347 g/mol. The molecule has 4 aromatic rings. The molecular formula is C25H16OP+. The maximum atomic E-state index is 13.1. The number of fused-ring (bicyclic) bond motifs is 6. The van der Waals surface area contributed by atoms with Crippen molar-refractivity contribution in [3.05, 3.63) is 108 Å². The van der Waals surface area contributed by atoms with E-state index in [1.165, 1.54) is 27.8 Å². The molecule has 0 saturated heterocycles. The van der Waals surface area contributed by atoms with Gasteiger partial charge in [0.25, 0.3) is 0 Å². The van der Waals surface area contributed by atoms with Crippen molar-refractivity contribution in [1.29, 1.82) is 0 Å². The molecule has 126 valence electrons. The van der Waals surface area contributed by atoms with Crippen LogP contribution in [0.4, 0.5) is 0 Å². The van der Waals surface area contributed by atoms with Crippen LogP contribution < -0.4 is 10.6 Å². The highest BCUT2D eigenvalue weighted by Crippen LogP contribution is 2.50. The van der Waals surface area contributed by atoms with Crippen LogP contribution in [-0.2, 0) is 4.57 Å². The van der Waals surface area contributed by atoms with Crippen molar-refractivity contribution in [2.75, 3.05) is 0 Å². The van der Waals surface area contributed by atoms with Gasteiger partial charge in [-0.25, -0.2) is 0 Å². The Kier molecular flexibility index (Phi) is 3.06. The Morgan fingerprint density at radius 2 is 1.26 bits per heavy atom. The van der Waals surface area contributed by atoms with E-state index >= 15 is 0 Å². The Bertz CT molecular complexity index is 1240. The topological polar surface area (TPSA) is 17.1 Å². The molecule has 0 saturated carbocycles. The fourth-order valence-electron chi connectivity index (χ4n) is 4.64. The van der Waals surface area contributed by atoms with Gasteiger partial charge in [0.15, 0.2) is 0 Å². The number of benzene rings is 4. The molecule has 6 rings (SSSR count). The zero-order valence-electron chi connectivity index (χ0n) is 14.6. The van der Waals surface area contributed by atoms with Crippen molar-refractivity contribution in [2.45, 2.75) is 5.92 Å². The van der Waals surface area contributed by atoms with E-state index < -0.39 is 7.80 Å². The summed E-state index contributed by atoms with van der Waals surface area (Å²) in [4.78, 5) is 0. The quantitative estimate of drug-likeness (QED) is 0.347. The van der Waals surface area contributed by atoms with Crippen LogP contribution in [0.15, 0.2) is 91.0 Å². The van der Waals surface area contributed by atoms with Gasteiger partial charge < -0.3 is 0 Å². The zero-order valence-corrected chi connectivity index (χ0v) is 15.5. The van der Waals surface area contributed by atoms with E-state index in [0.29, 0.717) is 0 Å². The van der Waals surface area contributed by atoms with Crippen molar-refractivity contribution < 1.29 is 4.57 Å².